The quantitative estimate of drug-likeness (QED) is 0.773. The molecule has 0 radical (unpaired) electrons. The molecule has 2 aromatic carbocycles. The summed E-state index contributed by atoms with van der Waals surface area (Å²) in [6.07, 6.45) is 0. The highest BCUT2D eigenvalue weighted by Gasteiger charge is 2.34. The van der Waals surface area contributed by atoms with Crippen molar-refractivity contribution in [2.24, 2.45) is 0 Å². The average molecular weight is 380 g/mol. The van der Waals surface area contributed by atoms with E-state index >= 15 is 0 Å². The number of hydrogen-bond acceptors (Lipinski definition) is 6. The highest BCUT2D eigenvalue weighted by Crippen LogP contribution is 2.35. The van der Waals surface area contributed by atoms with Crippen LogP contribution < -0.4 is 14.8 Å². The standard InChI is InChI=1S/C22H24N2O4/c1-22(2,3)28-21(25)20(24-13-15-7-5-4-6-8-15)17(12-23)16-9-10-18-19(11-16)27-14-26-18/h4-11,17,20,24H,13-14H2,1-3H3. The molecule has 1 heterocycles. The fraction of sp³-hybridized carbons (Fsp3) is 0.364. The van der Waals surface area contributed by atoms with E-state index in [9.17, 15) is 10.1 Å². The van der Waals surface area contributed by atoms with Crippen molar-refractivity contribution in [1.29, 1.82) is 5.26 Å². The first-order chi connectivity index (χ1) is 13.4. The molecule has 28 heavy (non-hydrogen) atoms. The Bertz CT molecular complexity index is 868. The molecule has 6 nitrogen and oxygen atoms in total. The van der Waals surface area contributed by atoms with E-state index in [1.807, 2.05) is 30.3 Å². The van der Waals surface area contributed by atoms with Gasteiger partial charge in [-0.1, -0.05) is 36.4 Å². The molecule has 1 aliphatic rings. The van der Waals surface area contributed by atoms with Gasteiger partial charge in [-0.15, -0.1) is 0 Å². The number of benzene rings is 2. The van der Waals surface area contributed by atoms with E-state index in [-0.39, 0.29) is 6.79 Å². The van der Waals surface area contributed by atoms with E-state index in [0.717, 1.165) is 5.56 Å². The van der Waals surface area contributed by atoms with Crippen LogP contribution in [0.25, 0.3) is 0 Å². The van der Waals surface area contributed by atoms with E-state index in [2.05, 4.69) is 11.4 Å². The predicted octanol–water partition coefficient (Wildman–Crippen LogP) is 3.52. The zero-order chi connectivity index (χ0) is 20.1. The van der Waals surface area contributed by atoms with Crippen LogP contribution in [0.4, 0.5) is 0 Å². The van der Waals surface area contributed by atoms with Crippen molar-refractivity contribution in [3.63, 3.8) is 0 Å². The molecule has 0 aliphatic carbocycles. The summed E-state index contributed by atoms with van der Waals surface area (Å²) in [7, 11) is 0. The molecule has 0 aromatic heterocycles. The molecule has 6 heteroatoms. The maximum absolute atomic E-state index is 12.9. The van der Waals surface area contributed by atoms with Crippen molar-refractivity contribution >= 4 is 5.97 Å². The number of ether oxygens (including phenoxy) is 3. The first-order valence-corrected chi connectivity index (χ1v) is 9.17. The molecule has 0 fully saturated rings. The van der Waals surface area contributed by atoms with E-state index in [0.29, 0.717) is 23.6 Å². The number of esters is 1. The van der Waals surface area contributed by atoms with Crippen LogP contribution in [0.15, 0.2) is 48.5 Å². The Morgan fingerprint density at radius 2 is 1.89 bits per heavy atom. The monoisotopic (exact) mass is 380 g/mol. The molecule has 1 N–H and O–H groups in total. The number of fused-ring (bicyclic) bond motifs is 1. The van der Waals surface area contributed by atoms with Crippen molar-refractivity contribution in [3.05, 3.63) is 59.7 Å². The van der Waals surface area contributed by atoms with Crippen LogP contribution in [-0.4, -0.2) is 24.4 Å². The topological polar surface area (TPSA) is 80.6 Å². The van der Waals surface area contributed by atoms with Crippen molar-refractivity contribution < 1.29 is 19.0 Å². The SMILES string of the molecule is CC(C)(C)OC(=O)C(NCc1ccccc1)C(C#N)c1ccc2c(c1)OCO2. The minimum atomic E-state index is -0.829. The summed E-state index contributed by atoms with van der Waals surface area (Å²) < 4.78 is 16.3. The van der Waals surface area contributed by atoms with E-state index < -0.39 is 23.5 Å². The third-order valence-corrected chi connectivity index (χ3v) is 4.26. The van der Waals surface area contributed by atoms with Crippen LogP contribution in [0, 0.1) is 11.3 Å². The molecule has 0 saturated heterocycles. The fourth-order valence-corrected chi connectivity index (χ4v) is 2.97. The van der Waals surface area contributed by atoms with Crippen LogP contribution in [0.1, 0.15) is 37.8 Å². The van der Waals surface area contributed by atoms with Crippen LogP contribution >= 0.6 is 0 Å². The van der Waals surface area contributed by atoms with Gasteiger partial charge in [0.1, 0.15) is 11.6 Å². The second kappa shape index (κ2) is 8.32. The Hall–Kier alpha value is -3.04. The molecule has 146 valence electrons. The minimum Gasteiger partial charge on any atom is -0.459 e. The van der Waals surface area contributed by atoms with Gasteiger partial charge in [0.05, 0.1) is 12.0 Å². The summed E-state index contributed by atoms with van der Waals surface area (Å²) >= 11 is 0. The van der Waals surface area contributed by atoms with Gasteiger partial charge in [-0.3, -0.25) is 10.1 Å². The number of hydrogen-bond donors (Lipinski definition) is 1. The summed E-state index contributed by atoms with van der Waals surface area (Å²) in [5, 5.41) is 13.1. The second-order valence-electron chi connectivity index (χ2n) is 7.60. The third kappa shape index (κ3) is 4.81. The second-order valence-corrected chi connectivity index (χ2v) is 7.60. The highest BCUT2D eigenvalue weighted by atomic mass is 16.7. The van der Waals surface area contributed by atoms with Crippen molar-refractivity contribution in [1.82, 2.24) is 5.32 Å². The van der Waals surface area contributed by atoms with Crippen molar-refractivity contribution in [2.75, 3.05) is 6.79 Å². The molecule has 1 aliphatic heterocycles. The Kier molecular flexibility index (Phi) is 5.86. The van der Waals surface area contributed by atoms with Crippen LogP contribution in [0.5, 0.6) is 11.5 Å². The lowest BCUT2D eigenvalue weighted by Crippen LogP contribution is -2.44. The molecule has 0 bridgehead atoms. The van der Waals surface area contributed by atoms with Gasteiger partial charge >= 0.3 is 5.97 Å². The average Bonchev–Trinajstić information content (AvgIpc) is 3.12. The fourth-order valence-electron chi connectivity index (χ4n) is 2.97. The number of nitrogens with zero attached hydrogens (tertiary/aromatic N) is 1. The maximum atomic E-state index is 12.9. The van der Waals surface area contributed by atoms with E-state index in [1.165, 1.54) is 0 Å². The van der Waals surface area contributed by atoms with Gasteiger partial charge in [0, 0.05) is 6.54 Å². The smallest absolute Gasteiger partial charge is 0.325 e. The number of nitriles is 1. The number of carbonyl (C=O) groups excluding carboxylic acids is 1. The Morgan fingerprint density at radius 1 is 1.18 bits per heavy atom. The van der Waals surface area contributed by atoms with Gasteiger partial charge in [-0.2, -0.15) is 5.26 Å². The minimum absolute atomic E-state index is 0.151. The van der Waals surface area contributed by atoms with Crippen LogP contribution in [0.2, 0.25) is 0 Å². The normalized spacial score (nSPS) is 14.8. The summed E-state index contributed by atoms with van der Waals surface area (Å²) in [6.45, 7) is 6.01. The summed E-state index contributed by atoms with van der Waals surface area (Å²) in [4.78, 5) is 12.9. The van der Waals surface area contributed by atoms with Crippen molar-refractivity contribution in [3.8, 4) is 17.6 Å². The van der Waals surface area contributed by atoms with Gasteiger partial charge in [-0.25, -0.2) is 0 Å². The molecule has 0 amide bonds. The highest BCUT2D eigenvalue weighted by molar-refractivity contribution is 5.78. The van der Waals surface area contributed by atoms with Gasteiger partial charge in [0.15, 0.2) is 11.5 Å². The molecule has 0 spiro atoms. The molecule has 2 unspecified atom stereocenters. The molecule has 0 saturated carbocycles. The first kappa shape index (κ1) is 19.7. The van der Waals surface area contributed by atoms with Crippen LogP contribution in [0.3, 0.4) is 0 Å². The first-order valence-electron chi connectivity index (χ1n) is 9.17. The van der Waals surface area contributed by atoms with Gasteiger partial charge in [0.2, 0.25) is 6.79 Å². The van der Waals surface area contributed by atoms with Gasteiger partial charge < -0.3 is 14.2 Å². The Labute approximate surface area is 165 Å². The molecule has 3 rings (SSSR count). The molecule has 2 aromatic rings. The number of carbonyl (C=O) groups is 1. The zero-order valence-corrected chi connectivity index (χ0v) is 16.3. The third-order valence-electron chi connectivity index (χ3n) is 4.26. The number of rotatable bonds is 6. The lowest BCUT2D eigenvalue weighted by molar-refractivity contribution is -0.157. The molecular weight excluding hydrogens is 356 g/mol. The predicted molar refractivity (Wildman–Crippen MR) is 104 cm³/mol. The summed E-state index contributed by atoms with van der Waals surface area (Å²) in [6, 6.07) is 16.4. The van der Waals surface area contributed by atoms with E-state index in [1.54, 1.807) is 39.0 Å². The largest absolute Gasteiger partial charge is 0.459 e. The summed E-state index contributed by atoms with van der Waals surface area (Å²) in [5.41, 5.74) is 1.03. The maximum Gasteiger partial charge on any atom is 0.325 e. The zero-order valence-electron chi connectivity index (χ0n) is 16.3. The van der Waals surface area contributed by atoms with Gasteiger partial charge in [0.25, 0.3) is 0 Å². The Balaban J connectivity index is 1.86. The Morgan fingerprint density at radius 3 is 2.57 bits per heavy atom. The number of nitrogens with one attached hydrogen (secondary N) is 1. The lowest BCUT2D eigenvalue weighted by atomic mass is 9.92. The molecular formula is C22H24N2O4. The lowest BCUT2D eigenvalue weighted by Gasteiger charge is -2.27. The van der Waals surface area contributed by atoms with Crippen molar-refractivity contribution in [2.45, 2.75) is 44.9 Å². The van der Waals surface area contributed by atoms with Crippen LogP contribution in [-0.2, 0) is 16.1 Å². The summed E-state index contributed by atoms with van der Waals surface area (Å²) in [5.74, 6) is -0.00374. The van der Waals surface area contributed by atoms with Gasteiger partial charge in [-0.05, 0) is 44.0 Å². The van der Waals surface area contributed by atoms with E-state index in [4.69, 9.17) is 14.2 Å². The molecule has 2 atom stereocenters.